The number of hydrogen-bond donors (Lipinski definition) is 2. The highest BCUT2D eigenvalue weighted by molar-refractivity contribution is 6.15. The number of carbonyl (C=O) groups excluding carboxylic acids is 2. The summed E-state index contributed by atoms with van der Waals surface area (Å²) in [5, 5.41) is 3.98. The van der Waals surface area contributed by atoms with Gasteiger partial charge < -0.3 is 19.8 Å². The molecule has 1 fully saturated rings. The fourth-order valence-electron chi connectivity index (χ4n) is 2.99. The van der Waals surface area contributed by atoms with E-state index >= 15 is 0 Å². The van der Waals surface area contributed by atoms with Crippen molar-refractivity contribution in [2.45, 2.75) is 19.6 Å². The van der Waals surface area contributed by atoms with Crippen LogP contribution >= 0.6 is 0 Å². The number of para-hydroxylation sites is 2. The van der Waals surface area contributed by atoms with Crippen molar-refractivity contribution in [3.05, 3.63) is 64.5 Å². The number of pyridine rings is 1. The molecule has 0 radical (unpaired) electrons. The van der Waals surface area contributed by atoms with Crippen molar-refractivity contribution >= 4 is 39.4 Å². The van der Waals surface area contributed by atoms with Crippen LogP contribution in [0.5, 0.6) is 0 Å². The molecule has 0 saturated carbocycles. The third-order valence-corrected chi connectivity index (χ3v) is 4.23. The predicted molar refractivity (Wildman–Crippen MR) is 100 cm³/mol. The largest absolute Gasteiger partial charge is 0.419 e. The van der Waals surface area contributed by atoms with E-state index in [0.29, 0.717) is 27.5 Å². The Morgan fingerprint density at radius 1 is 0.926 bits per heavy atom. The molecule has 4 rings (SSSR count). The van der Waals surface area contributed by atoms with E-state index in [1.165, 1.54) is 20.0 Å². The number of nitrogens with one attached hydrogen (secondary N) is 2. The second-order valence-corrected chi connectivity index (χ2v) is 6.61. The first-order valence-electron chi connectivity index (χ1n) is 8.33. The molecule has 7 heteroatoms. The van der Waals surface area contributed by atoms with Crippen LogP contribution < -0.4 is 10.7 Å². The van der Waals surface area contributed by atoms with Gasteiger partial charge in [0.2, 0.25) is 0 Å². The maximum absolute atomic E-state index is 12.7. The van der Waals surface area contributed by atoms with Crippen LogP contribution in [0.4, 0.5) is 5.69 Å². The molecule has 2 N–H and O–H groups in total. The third-order valence-electron chi connectivity index (χ3n) is 4.23. The first-order chi connectivity index (χ1) is 12.9. The maximum Gasteiger partial charge on any atom is 0.350 e. The fraction of sp³-hybridized carbons (Fsp3) is 0.150. The van der Waals surface area contributed by atoms with Gasteiger partial charge in [0.25, 0.3) is 5.79 Å². The Morgan fingerprint density at radius 3 is 2.33 bits per heavy atom. The summed E-state index contributed by atoms with van der Waals surface area (Å²) in [5.74, 6) is -2.85. The van der Waals surface area contributed by atoms with Gasteiger partial charge in [-0.15, -0.1) is 0 Å². The Balaban J connectivity index is 1.78. The van der Waals surface area contributed by atoms with E-state index in [0.717, 1.165) is 0 Å². The summed E-state index contributed by atoms with van der Waals surface area (Å²) in [6, 6.07) is 12.4. The van der Waals surface area contributed by atoms with Gasteiger partial charge in [0, 0.05) is 36.3 Å². The minimum absolute atomic E-state index is 0.103. The molecule has 0 atom stereocenters. The highest BCUT2D eigenvalue weighted by Gasteiger charge is 2.38. The highest BCUT2D eigenvalue weighted by atomic mass is 16.7. The molecule has 1 aliphatic heterocycles. The number of cyclic esters (lactones) is 2. The Kier molecular flexibility index (Phi) is 3.73. The van der Waals surface area contributed by atoms with Crippen molar-refractivity contribution < 1.29 is 19.1 Å². The summed E-state index contributed by atoms with van der Waals surface area (Å²) in [5.41, 5.74) is 1.43. The number of ether oxygens (including phenoxy) is 2. The number of benzene rings is 2. The van der Waals surface area contributed by atoms with Gasteiger partial charge in [0.1, 0.15) is 0 Å². The van der Waals surface area contributed by atoms with Crippen LogP contribution in [0.25, 0.3) is 21.8 Å². The zero-order chi connectivity index (χ0) is 19.2. The molecule has 2 aromatic carbocycles. The van der Waals surface area contributed by atoms with Crippen molar-refractivity contribution in [3.63, 3.8) is 0 Å². The molecule has 1 aliphatic rings. The van der Waals surface area contributed by atoms with Crippen LogP contribution in [0.3, 0.4) is 0 Å². The quantitative estimate of drug-likeness (QED) is 0.314. The van der Waals surface area contributed by atoms with E-state index in [1.54, 1.807) is 30.3 Å². The van der Waals surface area contributed by atoms with Gasteiger partial charge in [-0.1, -0.05) is 18.2 Å². The molecule has 0 bridgehead atoms. The predicted octanol–water partition coefficient (Wildman–Crippen LogP) is 2.81. The number of esters is 2. The molecule has 1 aromatic heterocycles. The summed E-state index contributed by atoms with van der Waals surface area (Å²) in [6.07, 6.45) is 1.22. The maximum atomic E-state index is 12.7. The van der Waals surface area contributed by atoms with Crippen molar-refractivity contribution in [1.82, 2.24) is 4.98 Å². The van der Waals surface area contributed by atoms with Crippen molar-refractivity contribution in [2.24, 2.45) is 0 Å². The second-order valence-electron chi connectivity index (χ2n) is 6.61. The van der Waals surface area contributed by atoms with E-state index < -0.39 is 17.7 Å². The summed E-state index contributed by atoms with van der Waals surface area (Å²) in [4.78, 5) is 40.0. The number of anilines is 1. The zero-order valence-electron chi connectivity index (χ0n) is 14.7. The smallest absolute Gasteiger partial charge is 0.350 e. The summed E-state index contributed by atoms with van der Waals surface area (Å²) >= 11 is 0. The van der Waals surface area contributed by atoms with Crippen LogP contribution in [0.15, 0.2) is 59.0 Å². The topological polar surface area (TPSA) is 97.5 Å². The van der Waals surface area contributed by atoms with Gasteiger partial charge in [0.05, 0.1) is 11.2 Å². The average molecular weight is 364 g/mol. The van der Waals surface area contributed by atoms with Gasteiger partial charge in [-0.2, -0.15) is 0 Å². The Bertz CT molecular complexity index is 1170. The van der Waals surface area contributed by atoms with Crippen LogP contribution in [0.1, 0.15) is 13.8 Å². The molecule has 0 unspecified atom stereocenters. The van der Waals surface area contributed by atoms with Gasteiger partial charge >= 0.3 is 11.9 Å². The Morgan fingerprint density at radius 2 is 1.59 bits per heavy atom. The average Bonchev–Trinajstić information content (AvgIpc) is 2.61. The van der Waals surface area contributed by atoms with Crippen molar-refractivity contribution in [3.8, 4) is 0 Å². The molecule has 1 saturated heterocycles. The highest BCUT2D eigenvalue weighted by Crippen LogP contribution is 2.25. The number of carbonyl (C=O) groups is 2. The second kappa shape index (κ2) is 5.98. The molecular weight excluding hydrogens is 348 g/mol. The van der Waals surface area contributed by atoms with E-state index in [1.807, 2.05) is 12.1 Å². The van der Waals surface area contributed by atoms with Crippen LogP contribution in [0, 0.1) is 0 Å². The van der Waals surface area contributed by atoms with Crippen LogP contribution in [-0.4, -0.2) is 22.7 Å². The fourth-order valence-corrected chi connectivity index (χ4v) is 2.99. The summed E-state index contributed by atoms with van der Waals surface area (Å²) < 4.78 is 10.1. The molecule has 0 spiro atoms. The van der Waals surface area contributed by atoms with E-state index in [9.17, 15) is 14.4 Å². The summed E-state index contributed by atoms with van der Waals surface area (Å²) in [6.45, 7) is 2.96. The number of aromatic nitrogens is 1. The zero-order valence-corrected chi connectivity index (χ0v) is 14.7. The normalized spacial score (nSPS) is 16.1. The molecule has 0 amide bonds. The van der Waals surface area contributed by atoms with E-state index in [2.05, 4.69) is 10.3 Å². The minimum atomic E-state index is -1.30. The molecular formula is C20H16N2O5. The Labute approximate surface area is 153 Å². The number of hydrogen-bond acceptors (Lipinski definition) is 6. The van der Waals surface area contributed by atoms with Gasteiger partial charge in [-0.05, 0) is 24.3 Å². The molecule has 27 heavy (non-hydrogen) atoms. The molecule has 0 aliphatic carbocycles. The number of rotatable bonds is 2. The molecule has 136 valence electrons. The number of fused-ring (bicyclic) bond motifs is 2. The monoisotopic (exact) mass is 364 g/mol. The Hall–Kier alpha value is -3.61. The van der Waals surface area contributed by atoms with Gasteiger partial charge in [0.15, 0.2) is 11.0 Å². The van der Waals surface area contributed by atoms with E-state index in [4.69, 9.17) is 9.47 Å². The lowest BCUT2D eigenvalue weighted by atomic mass is 10.1. The molecule has 7 nitrogen and oxygen atoms in total. The first-order valence-corrected chi connectivity index (χ1v) is 8.33. The van der Waals surface area contributed by atoms with Crippen molar-refractivity contribution in [2.75, 3.05) is 5.32 Å². The minimum Gasteiger partial charge on any atom is -0.419 e. The molecule has 3 aromatic rings. The summed E-state index contributed by atoms with van der Waals surface area (Å²) in [7, 11) is 0. The van der Waals surface area contributed by atoms with Gasteiger partial charge in [-0.3, -0.25) is 4.79 Å². The lowest BCUT2D eigenvalue weighted by molar-refractivity contribution is -0.222. The number of aromatic amines is 1. The SMILES string of the molecule is CC1(C)OC(=O)C(=CNc2cccc3c(=O)c4ccccc4[nH]c23)C(=O)O1. The number of H-pyrrole nitrogens is 1. The third kappa shape index (κ3) is 2.93. The van der Waals surface area contributed by atoms with Gasteiger partial charge in [-0.25, -0.2) is 9.59 Å². The van der Waals surface area contributed by atoms with Crippen LogP contribution in [0.2, 0.25) is 0 Å². The van der Waals surface area contributed by atoms with Crippen LogP contribution in [-0.2, 0) is 19.1 Å². The lowest BCUT2D eigenvalue weighted by Gasteiger charge is -2.29. The standard InChI is InChI=1S/C20H16N2O5/c1-20(2)26-18(24)13(19(25)27-20)10-21-15-9-5-7-12-16(15)22-14-8-4-3-6-11(14)17(12)23/h3-10,21H,1-2H3,(H,22,23). The van der Waals surface area contributed by atoms with E-state index in [-0.39, 0.29) is 11.0 Å². The molecule has 2 heterocycles. The first kappa shape index (κ1) is 16.8. The van der Waals surface area contributed by atoms with Crippen molar-refractivity contribution in [1.29, 1.82) is 0 Å². The lowest BCUT2D eigenvalue weighted by Crippen LogP contribution is -2.42.